The molecular formula is C17H18N2O2S. The van der Waals surface area contributed by atoms with Gasteiger partial charge < -0.3 is 9.72 Å². The number of thiophene rings is 1. The molecule has 0 radical (unpaired) electrons. The van der Waals surface area contributed by atoms with Gasteiger partial charge in [-0.15, -0.1) is 11.3 Å². The van der Waals surface area contributed by atoms with Crippen LogP contribution in [0.5, 0.6) is 5.75 Å². The summed E-state index contributed by atoms with van der Waals surface area (Å²) in [7, 11) is 1.66. The molecule has 0 aliphatic heterocycles. The van der Waals surface area contributed by atoms with Crippen molar-refractivity contribution in [3.05, 3.63) is 45.3 Å². The summed E-state index contributed by atoms with van der Waals surface area (Å²) >= 11 is 1.52. The third-order valence-corrected chi connectivity index (χ3v) is 4.56. The lowest BCUT2D eigenvalue weighted by Crippen LogP contribution is -2.11. The number of aromatic amines is 1. The number of methoxy groups -OCH3 is 1. The number of nitrogens with zero attached hydrogens (tertiary/aromatic N) is 1. The Bertz CT molecular complexity index is 880. The Kier molecular flexibility index (Phi) is 3.98. The van der Waals surface area contributed by atoms with Crippen LogP contribution in [0.4, 0.5) is 0 Å². The lowest BCUT2D eigenvalue weighted by Gasteiger charge is -2.07. The molecule has 22 heavy (non-hydrogen) atoms. The van der Waals surface area contributed by atoms with Gasteiger partial charge >= 0.3 is 0 Å². The van der Waals surface area contributed by atoms with Crippen molar-refractivity contribution in [2.75, 3.05) is 7.11 Å². The summed E-state index contributed by atoms with van der Waals surface area (Å²) in [5, 5.41) is 2.68. The highest BCUT2D eigenvalue weighted by Crippen LogP contribution is 2.33. The Morgan fingerprint density at radius 3 is 2.86 bits per heavy atom. The molecule has 0 unspecified atom stereocenters. The van der Waals surface area contributed by atoms with Gasteiger partial charge in [-0.05, 0) is 36.6 Å². The van der Waals surface area contributed by atoms with E-state index in [0.29, 0.717) is 5.39 Å². The normalized spacial score (nSPS) is 11.0. The van der Waals surface area contributed by atoms with Crippen molar-refractivity contribution < 1.29 is 4.74 Å². The molecular weight excluding hydrogens is 296 g/mol. The van der Waals surface area contributed by atoms with E-state index in [2.05, 4.69) is 16.9 Å². The zero-order valence-electron chi connectivity index (χ0n) is 12.9. The zero-order chi connectivity index (χ0) is 15.7. The molecule has 2 aromatic heterocycles. The molecule has 0 aliphatic rings. The number of fused-ring (bicyclic) bond motifs is 1. The second-order valence-electron chi connectivity index (χ2n) is 5.28. The second kappa shape index (κ2) is 5.93. The number of aryl methyl sites for hydroxylation is 2. The standard InChI is InChI=1S/C17H18N2O2S/c1-4-5-14-18-16(20)15-12(9-22-17(15)19-14)11-6-7-13(21-3)10(2)8-11/h6-9H,4-5H2,1-3H3,(H,18,19,20). The van der Waals surface area contributed by atoms with Gasteiger partial charge in [0.15, 0.2) is 0 Å². The van der Waals surface area contributed by atoms with Gasteiger partial charge in [0.2, 0.25) is 0 Å². The molecule has 0 spiro atoms. The predicted molar refractivity (Wildman–Crippen MR) is 91.0 cm³/mol. The van der Waals surface area contributed by atoms with Crippen LogP contribution in [-0.2, 0) is 6.42 Å². The van der Waals surface area contributed by atoms with Gasteiger partial charge in [-0.25, -0.2) is 4.98 Å². The molecule has 0 saturated carbocycles. The molecule has 2 heterocycles. The van der Waals surface area contributed by atoms with Crippen molar-refractivity contribution in [1.82, 2.24) is 9.97 Å². The summed E-state index contributed by atoms with van der Waals surface area (Å²) in [5.41, 5.74) is 2.94. The van der Waals surface area contributed by atoms with Crippen LogP contribution in [0, 0.1) is 6.92 Å². The molecule has 0 amide bonds. The number of H-pyrrole nitrogens is 1. The third kappa shape index (κ3) is 2.52. The number of benzene rings is 1. The van der Waals surface area contributed by atoms with E-state index in [1.54, 1.807) is 7.11 Å². The van der Waals surface area contributed by atoms with Crippen LogP contribution in [-0.4, -0.2) is 17.1 Å². The Hall–Kier alpha value is -2.14. The summed E-state index contributed by atoms with van der Waals surface area (Å²) in [6.45, 7) is 4.07. The highest BCUT2D eigenvalue weighted by Gasteiger charge is 2.13. The Morgan fingerprint density at radius 1 is 1.36 bits per heavy atom. The number of rotatable bonds is 4. The number of hydrogen-bond donors (Lipinski definition) is 1. The largest absolute Gasteiger partial charge is 0.496 e. The topological polar surface area (TPSA) is 55.0 Å². The SMILES string of the molecule is CCCc1nc2scc(-c3ccc(OC)c(C)c3)c2c(=O)[nH]1. The monoisotopic (exact) mass is 314 g/mol. The van der Waals surface area contributed by atoms with Crippen LogP contribution >= 0.6 is 11.3 Å². The highest BCUT2D eigenvalue weighted by atomic mass is 32.1. The maximum atomic E-state index is 12.4. The number of ether oxygens (including phenoxy) is 1. The van der Waals surface area contributed by atoms with Crippen molar-refractivity contribution in [3.8, 4) is 16.9 Å². The minimum Gasteiger partial charge on any atom is -0.496 e. The van der Waals surface area contributed by atoms with E-state index in [1.807, 2.05) is 30.5 Å². The molecule has 1 aromatic carbocycles. The van der Waals surface area contributed by atoms with Crippen LogP contribution in [0.2, 0.25) is 0 Å². The fourth-order valence-electron chi connectivity index (χ4n) is 2.61. The fourth-order valence-corrected chi connectivity index (χ4v) is 3.57. The molecule has 0 aliphatic carbocycles. The third-order valence-electron chi connectivity index (χ3n) is 3.69. The zero-order valence-corrected chi connectivity index (χ0v) is 13.7. The van der Waals surface area contributed by atoms with Gasteiger partial charge in [-0.3, -0.25) is 4.79 Å². The quantitative estimate of drug-likeness (QED) is 0.794. The fraction of sp³-hybridized carbons (Fsp3) is 0.294. The van der Waals surface area contributed by atoms with E-state index in [0.717, 1.165) is 45.9 Å². The molecule has 0 atom stereocenters. The van der Waals surface area contributed by atoms with Crippen molar-refractivity contribution in [2.45, 2.75) is 26.7 Å². The lowest BCUT2D eigenvalue weighted by molar-refractivity contribution is 0.412. The first-order valence-corrected chi connectivity index (χ1v) is 8.17. The average molecular weight is 314 g/mol. The average Bonchev–Trinajstić information content (AvgIpc) is 2.92. The van der Waals surface area contributed by atoms with E-state index in [-0.39, 0.29) is 5.56 Å². The predicted octanol–water partition coefficient (Wildman–Crippen LogP) is 3.92. The van der Waals surface area contributed by atoms with Crippen LogP contribution in [0.25, 0.3) is 21.3 Å². The summed E-state index contributed by atoms with van der Waals surface area (Å²) in [4.78, 5) is 20.7. The first-order chi connectivity index (χ1) is 10.6. The van der Waals surface area contributed by atoms with Crippen molar-refractivity contribution in [1.29, 1.82) is 0 Å². The minimum absolute atomic E-state index is 0.0572. The van der Waals surface area contributed by atoms with E-state index in [9.17, 15) is 4.79 Å². The van der Waals surface area contributed by atoms with Gasteiger partial charge in [0.1, 0.15) is 16.4 Å². The molecule has 3 aromatic rings. The van der Waals surface area contributed by atoms with Gasteiger partial charge in [0.05, 0.1) is 12.5 Å². The van der Waals surface area contributed by atoms with Gasteiger partial charge in [-0.1, -0.05) is 13.0 Å². The summed E-state index contributed by atoms with van der Waals surface area (Å²) in [5.74, 6) is 1.61. The van der Waals surface area contributed by atoms with Gasteiger partial charge in [-0.2, -0.15) is 0 Å². The van der Waals surface area contributed by atoms with Crippen LogP contribution < -0.4 is 10.3 Å². The molecule has 0 bridgehead atoms. The number of hydrogen-bond acceptors (Lipinski definition) is 4. The maximum absolute atomic E-state index is 12.4. The van der Waals surface area contributed by atoms with E-state index in [4.69, 9.17) is 4.74 Å². The highest BCUT2D eigenvalue weighted by molar-refractivity contribution is 7.17. The van der Waals surface area contributed by atoms with Crippen molar-refractivity contribution in [3.63, 3.8) is 0 Å². The van der Waals surface area contributed by atoms with Crippen LogP contribution in [0.1, 0.15) is 24.7 Å². The first kappa shape index (κ1) is 14.8. The van der Waals surface area contributed by atoms with E-state index in [1.165, 1.54) is 11.3 Å². The number of aromatic nitrogens is 2. The van der Waals surface area contributed by atoms with Crippen LogP contribution in [0.15, 0.2) is 28.4 Å². The summed E-state index contributed by atoms with van der Waals surface area (Å²) in [6, 6.07) is 5.95. The van der Waals surface area contributed by atoms with E-state index >= 15 is 0 Å². The molecule has 4 nitrogen and oxygen atoms in total. The van der Waals surface area contributed by atoms with Crippen molar-refractivity contribution >= 4 is 21.6 Å². The Labute approximate surface area is 132 Å². The second-order valence-corrected chi connectivity index (χ2v) is 6.13. The summed E-state index contributed by atoms with van der Waals surface area (Å²) in [6.07, 6.45) is 1.75. The molecule has 1 N–H and O–H groups in total. The molecule has 0 saturated heterocycles. The van der Waals surface area contributed by atoms with E-state index < -0.39 is 0 Å². The maximum Gasteiger partial charge on any atom is 0.260 e. The molecule has 3 rings (SSSR count). The van der Waals surface area contributed by atoms with Gasteiger partial charge in [0.25, 0.3) is 5.56 Å². The molecule has 114 valence electrons. The minimum atomic E-state index is -0.0572. The Balaban J connectivity index is 2.16. The Morgan fingerprint density at radius 2 is 2.18 bits per heavy atom. The smallest absolute Gasteiger partial charge is 0.260 e. The van der Waals surface area contributed by atoms with Crippen LogP contribution in [0.3, 0.4) is 0 Å². The molecule has 0 fully saturated rings. The van der Waals surface area contributed by atoms with Gasteiger partial charge in [0, 0.05) is 17.4 Å². The van der Waals surface area contributed by atoms with Crippen molar-refractivity contribution in [2.24, 2.45) is 0 Å². The first-order valence-electron chi connectivity index (χ1n) is 7.29. The lowest BCUT2D eigenvalue weighted by atomic mass is 10.0. The molecule has 5 heteroatoms. The summed E-state index contributed by atoms with van der Waals surface area (Å²) < 4.78 is 5.29. The number of nitrogens with one attached hydrogen (secondary N) is 1.